The molecule has 1 atom stereocenters. The number of piperazine rings is 1. The molecule has 3 rings (SSSR count). The van der Waals surface area contributed by atoms with Crippen LogP contribution in [0.3, 0.4) is 0 Å². The molecule has 0 spiro atoms. The van der Waals surface area contributed by atoms with Gasteiger partial charge in [-0.2, -0.15) is 0 Å². The summed E-state index contributed by atoms with van der Waals surface area (Å²) in [6.45, 7) is 14.7. The number of rotatable bonds is 6. The van der Waals surface area contributed by atoms with Crippen molar-refractivity contribution in [2.75, 3.05) is 57.3 Å². The Bertz CT molecular complexity index is 524. The van der Waals surface area contributed by atoms with Crippen molar-refractivity contribution in [3.05, 3.63) is 29.8 Å². The van der Waals surface area contributed by atoms with Gasteiger partial charge in [0.2, 0.25) is 0 Å². The summed E-state index contributed by atoms with van der Waals surface area (Å²) in [6.07, 6.45) is 2.48. The number of likely N-dealkylation sites (tertiary alicyclic amines) is 1. The third kappa shape index (κ3) is 4.11. The standard InChI is InChI=1S/C20H34N4/c1-3-9-22-11-13-24(14-12-22)19-7-5-4-6-18(19)15-23-10-8-20(2,16-21)17-23/h4-7H,3,8-17,21H2,1-2H3. The van der Waals surface area contributed by atoms with Crippen molar-refractivity contribution in [3.8, 4) is 0 Å². The summed E-state index contributed by atoms with van der Waals surface area (Å²) in [5, 5.41) is 0. The Kier molecular flexibility index (Phi) is 5.80. The maximum absolute atomic E-state index is 5.97. The monoisotopic (exact) mass is 330 g/mol. The molecule has 0 bridgehead atoms. The van der Waals surface area contributed by atoms with Gasteiger partial charge in [0.05, 0.1) is 0 Å². The van der Waals surface area contributed by atoms with Crippen LogP contribution in [0.15, 0.2) is 24.3 Å². The Hall–Kier alpha value is -1.10. The van der Waals surface area contributed by atoms with E-state index in [1.165, 1.54) is 50.3 Å². The Morgan fingerprint density at radius 2 is 1.79 bits per heavy atom. The average molecular weight is 331 g/mol. The maximum atomic E-state index is 5.97. The summed E-state index contributed by atoms with van der Waals surface area (Å²) in [4.78, 5) is 7.75. The smallest absolute Gasteiger partial charge is 0.0412 e. The van der Waals surface area contributed by atoms with Gasteiger partial charge < -0.3 is 10.6 Å². The summed E-state index contributed by atoms with van der Waals surface area (Å²) >= 11 is 0. The van der Waals surface area contributed by atoms with Crippen molar-refractivity contribution in [1.29, 1.82) is 0 Å². The van der Waals surface area contributed by atoms with E-state index in [0.717, 1.165) is 32.7 Å². The maximum Gasteiger partial charge on any atom is 0.0412 e. The van der Waals surface area contributed by atoms with Crippen LogP contribution in [0, 0.1) is 5.41 Å². The third-order valence-electron chi connectivity index (χ3n) is 5.77. The number of nitrogens with two attached hydrogens (primary N) is 1. The lowest BCUT2D eigenvalue weighted by Crippen LogP contribution is -2.47. The quantitative estimate of drug-likeness (QED) is 0.869. The zero-order chi connectivity index (χ0) is 17.0. The van der Waals surface area contributed by atoms with E-state index in [-0.39, 0.29) is 0 Å². The predicted octanol–water partition coefficient (Wildman–Crippen LogP) is 2.39. The van der Waals surface area contributed by atoms with E-state index in [2.05, 4.69) is 52.8 Å². The van der Waals surface area contributed by atoms with E-state index in [1.807, 2.05) is 0 Å². The first-order chi connectivity index (χ1) is 11.6. The summed E-state index contributed by atoms with van der Waals surface area (Å²) in [6, 6.07) is 8.99. The number of hydrogen-bond acceptors (Lipinski definition) is 4. The molecule has 0 aliphatic carbocycles. The van der Waals surface area contributed by atoms with E-state index < -0.39 is 0 Å². The van der Waals surface area contributed by atoms with Crippen molar-refractivity contribution in [2.45, 2.75) is 33.2 Å². The topological polar surface area (TPSA) is 35.7 Å². The van der Waals surface area contributed by atoms with Crippen LogP contribution in [-0.2, 0) is 6.54 Å². The largest absolute Gasteiger partial charge is 0.369 e. The van der Waals surface area contributed by atoms with Crippen LogP contribution in [0.25, 0.3) is 0 Å². The van der Waals surface area contributed by atoms with Gasteiger partial charge in [-0.15, -0.1) is 0 Å². The molecular formula is C20H34N4. The van der Waals surface area contributed by atoms with Gasteiger partial charge >= 0.3 is 0 Å². The van der Waals surface area contributed by atoms with Crippen LogP contribution in [0.1, 0.15) is 32.3 Å². The number of hydrogen-bond donors (Lipinski definition) is 1. The minimum Gasteiger partial charge on any atom is -0.369 e. The lowest BCUT2D eigenvalue weighted by molar-refractivity contribution is 0.257. The molecule has 0 aromatic heterocycles. The summed E-state index contributed by atoms with van der Waals surface area (Å²) in [5.74, 6) is 0. The zero-order valence-corrected chi connectivity index (χ0v) is 15.5. The molecule has 2 heterocycles. The lowest BCUT2D eigenvalue weighted by atomic mass is 9.90. The van der Waals surface area contributed by atoms with Gasteiger partial charge in [0, 0.05) is 45.0 Å². The van der Waals surface area contributed by atoms with Crippen molar-refractivity contribution in [1.82, 2.24) is 9.80 Å². The van der Waals surface area contributed by atoms with Crippen molar-refractivity contribution in [2.24, 2.45) is 11.1 Å². The Labute approximate surface area is 147 Å². The second-order valence-electron chi connectivity index (χ2n) is 7.93. The van der Waals surface area contributed by atoms with Gasteiger partial charge in [-0.25, -0.2) is 0 Å². The normalized spacial score (nSPS) is 26.2. The van der Waals surface area contributed by atoms with E-state index in [0.29, 0.717) is 5.41 Å². The average Bonchev–Trinajstić information content (AvgIpc) is 2.98. The van der Waals surface area contributed by atoms with E-state index in [1.54, 1.807) is 0 Å². The second kappa shape index (κ2) is 7.85. The molecule has 2 fully saturated rings. The van der Waals surface area contributed by atoms with Crippen LogP contribution in [0.2, 0.25) is 0 Å². The molecule has 134 valence electrons. The molecule has 2 aliphatic heterocycles. The number of anilines is 1. The molecule has 2 aliphatic rings. The number of benzene rings is 1. The Morgan fingerprint density at radius 1 is 1.04 bits per heavy atom. The van der Waals surface area contributed by atoms with E-state index in [4.69, 9.17) is 5.73 Å². The predicted molar refractivity (Wildman–Crippen MR) is 102 cm³/mol. The molecule has 1 aromatic carbocycles. The SMILES string of the molecule is CCCN1CCN(c2ccccc2CN2CCC(C)(CN)C2)CC1. The fourth-order valence-corrected chi connectivity index (χ4v) is 4.15. The number of para-hydroxylation sites is 1. The minimum absolute atomic E-state index is 0.306. The lowest BCUT2D eigenvalue weighted by Gasteiger charge is -2.37. The van der Waals surface area contributed by atoms with Gasteiger partial charge in [-0.3, -0.25) is 9.80 Å². The van der Waals surface area contributed by atoms with Gasteiger partial charge in [0.15, 0.2) is 0 Å². The van der Waals surface area contributed by atoms with Gasteiger partial charge in [-0.05, 0) is 49.5 Å². The highest BCUT2D eigenvalue weighted by Crippen LogP contribution is 2.31. The Morgan fingerprint density at radius 3 is 2.46 bits per heavy atom. The van der Waals surface area contributed by atoms with Crippen molar-refractivity contribution >= 4 is 5.69 Å². The van der Waals surface area contributed by atoms with Crippen LogP contribution >= 0.6 is 0 Å². The van der Waals surface area contributed by atoms with Crippen LogP contribution in [0.5, 0.6) is 0 Å². The second-order valence-corrected chi connectivity index (χ2v) is 7.93. The molecule has 0 amide bonds. The molecule has 4 heteroatoms. The highest BCUT2D eigenvalue weighted by Gasteiger charge is 2.32. The molecular weight excluding hydrogens is 296 g/mol. The Balaban J connectivity index is 1.64. The number of nitrogens with zero attached hydrogens (tertiary/aromatic N) is 3. The highest BCUT2D eigenvalue weighted by molar-refractivity contribution is 5.54. The van der Waals surface area contributed by atoms with Crippen LogP contribution < -0.4 is 10.6 Å². The first-order valence-electron chi connectivity index (χ1n) is 9.61. The summed E-state index contributed by atoms with van der Waals surface area (Å²) in [5.41, 5.74) is 9.19. The van der Waals surface area contributed by atoms with Crippen LogP contribution in [0.4, 0.5) is 5.69 Å². The zero-order valence-electron chi connectivity index (χ0n) is 15.5. The first-order valence-corrected chi connectivity index (χ1v) is 9.61. The fraction of sp³-hybridized carbons (Fsp3) is 0.700. The van der Waals surface area contributed by atoms with Crippen LogP contribution in [-0.4, -0.2) is 62.2 Å². The molecule has 4 nitrogen and oxygen atoms in total. The first kappa shape index (κ1) is 17.7. The fourth-order valence-electron chi connectivity index (χ4n) is 4.15. The molecule has 2 saturated heterocycles. The molecule has 1 aromatic rings. The van der Waals surface area contributed by atoms with E-state index >= 15 is 0 Å². The molecule has 2 N–H and O–H groups in total. The highest BCUT2D eigenvalue weighted by atomic mass is 15.3. The van der Waals surface area contributed by atoms with Gasteiger partial charge in [0.1, 0.15) is 0 Å². The van der Waals surface area contributed by atoms with Crippen molar-refractivity contribution < 1.29 is 0 Å². The molecule has 0 radical (unpaired) electrons. The van der Waals surface area contributed by atoms with E-state index in [9.17, 15) is 0 Å². The summed E-state index contributed by atoms with van der Waals surface area (Å²) < 4.78 is 0. The molecule has 1 unspecified atom stereocenters. The minimum atomic E-state index is 0.306. The molecule has 0 saturated carbocycles. The van der Waals surface area contributed by atoms with Gasteiger partial charge in [-0.1, -0.05) is 32.0 Å². The third-order valence-corrected chi connectivity index (χ3v) is 5.77. The van der Waals surface area contributed by atoms with Gasteiger partial charge in [0.25, 0.3) is 0 Å². The summed E-state index contributed by atoms with van der Waals surface area (Å²) in [7, 11) is 0. The molecule has 24 heavy (non-hydrogen) atoms. The van der Waals surface area contributed by atoms with Crippen molar-refractivity contribution in [3.63, 3.8) is 0 Å².